The number of pyridine rings is 1. The van der Waals surface area contributed by atoms with E-state index in [0.29, 0.717) is 12.6 Å². The van der Waals surface area contributed by atoms with Crippen LogP contribution in [0.1, 0.15) is 32.8 Å². The molecule has 1 N–H and O–H groups in total. The molecule has 1 saturated heterocycles. The molecular weight excluding hydrogens is 267 g/mol. The summed E-state index contributed by atoms with van der Waals surface area (Å²) in [7, 11) is 4.21. The van der Waals surface area contributed by atoms with Gasteiger partial charge in [-0.3, -0.25) is 0 Å². The van der Waals surface area contributed by atoms with Crippen LogP contribution in [0.5, 0.6) is 0 Å². The van der Waals surface area contributed by atoms with Crippen LogP contribution in [0.4, 0.5) is 10.2 Å². The second-order valence-electron chi connectivity index (χ2n) is 7.09. The van der Waals surface area contributed by atoms with E-state index in [1.807, 2.05) is 0 Å². The molecular formula is C16H27FN4. The van der Waals surface area contributed by atoms with Crippen LogP contribution >= 0.6 is 0 Å². The first-order chi connectivity index (χ1) is 9.76. The van der Waals surface area contributed by atoms with Gasteiger partial charge in [0.1, 0.15) is 11.6 Å². The van der Waals surface area contributed by atoms with E-state index < -0.39 is 0 Å². The van der Waals surface area contributed by atoms with Crippen molar-refractivity contribution in [2.24, 2.45) is 0 Å². The van der Waals surface area contributed by atoms with Crippen molar-refractivity contribution in [3.05, 3.63) is 23.6 Å². The van der Waals surface area contributed by atoms with E-state index in [0.717, 1.165) is 30.9 Å². The van der Waals surface area contributed by atoms with Crippen LogP contribution < -0.4 is 10.2 Å². The van der Waals surface area contributed by atoms with Crippen molar-refractivity contribution < 1.29 is 4.39 Å². The van der Waals surface area contributed by atoms with Gasteiger partial charge in [-0.25, -0.2) is 9.37 Å². The number of aromatic nitrogens is 1. The quantitative estimate of drug-likeness (QED) is 0.923. The van der Waals surface area contributed by atoms with Crippen molar-refractivity contribution in [3.8, 4) is 0 Å². The molecule has 1 atom stereocenters. The smallest absolute Gasteiger partial charge is 0.141 e. The lowest BCUT2D eigenvalue weighted by Crippen LogP contribution is -2.36. The molecule has 1 aliphatic heterocycles. The monoisotopic (exact) mass is 294 g/mol. The summed E-state index contributed by atoms with van der Waals surface area (Å²) < 4.78 is 13.5. The highest BCUT2D eigenvalue weighted by Crippen LogP contribution is 2.24. The molecule has 1 aliphatic rings. The lowest BCUT2D eigenvalue weighted by atomic mass is 10.1. The standard InChI is InChI=1S/C16H27FN4/c1-16(2,3)19-9-12-8-13(17)10-18-15(12)21-7-6-14(11-21)20(4)5/h8,10,14,19H,6-7,9,11H2,1-5H3. The zero-order valence-corrected chi connectivity index (χ0v) is 13.8. The average molecular weight is 294 g/mol. The minimum atomic E-state index is -0.271. The van der Waals surface area contributed by atoms with Crippen LogP contribution in [0.15, 0.2) is 12.3 Å². The van der Waals surface area contributed by atoms with Crippen LogP contribution in [0.25, 0.3) is 0 Å². The SMILES string of the molecule is CN(C)C1CCN(c2ncc(F)cc2CNC(C)(C)C)C1. The van der Waals surface area contributed by atoms with Crippen molar-refractivity contribution in [2.75, 3.05) is 32.1 Å². The highest BCUT2D eigenvalue weighted by molar-refractivity contribution is 5.48. The van der Waals surface area contributed by atoms with Gasteiger partial charge in [-0.15, -0.1) is 0 Å². The molecule has 0 aromatic carbocycles. The molecule has 1 unspecified atom stereocenters. The third-order valence-electron chi connectivity index (χ3n) is 3.91. The number of halogens is 1. The van der Waals surface area contributed by atoms with E-state index in [-0.39, 0.29) is 11.4 Å². The second-order valence-corrected chi connectivity index (χ2v) is 7.09. The van der Waals surface area contributed by atoms with Crippen molar-refractivity contribution in [1.29, 1.82) is 0 Å². The lowest BCUT2D eigenvalue weighted by Gasteiger charge is -2.25. The number of nitrogens with zero attached hydrogens (tertiary/aromatic N) is 3. The Balaban J connectivity index is 2.15. The maximum atomic E-state index is 13.5. The van der Waals surface area contributed by atoms with Gasteiger partial charge in [0.2, 0.25) is 0 Å². The number of nitrogens with one attached hydrogen (secondary N) is 1. The Kier molecular flexibility index (Phi) is 4.84. The molecule has 1 aromatic rings. The van der Waals surface area contributed by atoms with E-state index in [1.54, 1.807) is 6.07 Å². The molecule has 0 aliphatic carbocycles. The van der Waals surface area contributed by atoms with Gasteiger partial charge in [-0.1, -0.05) is 0 Å². The number of rotatable bonds is 4. The fourth-order valence-electron chi connectivity index (χ4n) is 2.60. The minimum Gasteiger partial charge on any atom is -0.355 e. The van der Waals surface area contributed by atoms with Gasteiger partial charge < -0.3 is 15.1 Å². The molecule has 4 nitrogen and oxygen atoms in total. The number of anilines is 1. The van der Waals surface area contributed by atoms with Crippen molar-refractivity contribution in [3.63, 3.8) is 0 Å². The molecule has 21 heavy (non-hydrogen) atoms. The van der Waals surface area contributed by atoms with E-state index in [1.165, 1.54) is 6.20 Å². The third-order valence-corrected chi connectivity index (χ3v) is 3.91. The molecule has 2 rings (SSSR count). The lowest BCUT2D eigenvalue weighted by molar-refractivity contribution is 0.315. The van der Waals surface area contributed by atoms with E-state index in [2.05, 4.69) is 55.0 Å². The highest BCUT2D eigenvalue weighted by atomic mass is 19.1. The highest BCUT2D eigenvalue weighted by Gasteiger charge is 2.26. The maximum Gasteiger partial charge on any atom is 0.141 e. The second kappa shape index (κ2) is 6.28. The summed E-state index contributed by atoms with van der Waals surface area (Å²) in [5.74, 6) is 0.644. The molecule has 0 saturated carbocycles. The molecule has 1 fully saturated rings. The molecule has 118 valence electrons. The summed E-state index contributed by atoms with van der Waals surface area (Å²) in [4.78, 5) is 8.86. The van der Waals surface area contributed by atoms with E-state index in [4.69, 9.17) is 0 Å². The van der Waals surface area contributed by atoms with Gasteiger partial charge >= 0.3 is 0 Å². The molecule has 0 spiro atoms. The Hall–Kier alpha value is -1.20. The molecule has 1 aromatic heterocycles. The van der Waals surface area contributed by atoms with E-state index >= 15 is 0 Å². The Morgan fingerprint density at radius 3 is 2.71 bits per heavy atom. The number of hydrogen-bond donors (Lipinski definition) is 1. The Bertz CT molecular complexity index is 482. The Labute approximate surface area is 127 Å². The fraction of sp³-hybridized carbons (Fsp3) is 0.688. The van der Waals surface area contributed by atoms with E-state index in [9.17, 15) is 4.39 Å². The normalized spacial score (nSPS) is 19.6. The topological polar surface area (TPSA) is 31.4 Å². The summed E-state index contributed by atoms with van der Waals surface area (Å²) in [6, 6.07) is 2.14. The molecule has 0 amide bonds. The molecule has 5 heteroatoms. The average Bonchev–Trinajstić information content (AvgIpc) is 2.85. The van der Waals surface area contributed by atoms with Gasteiger partial charge in [0.05, 0.1) is 6.20 Å². The van der Waals surface area contributed by atoms with Crippen molar-refractivity contribution in [1.82, 2.24) is 15.2 Å². The van der Waals surface area contributed by atoms with Crippen LogP contribution in [0.2, 0.25) is 0 Å². The maximum absolute atomic E-state index is 13.5. The number of likely N-dealkylation sites (N-methyl/N-ethyl adjacent to an activating group) is 1. The number of hydrogen-bond acceptors (Lipinski definition) is 4. The first-order valence-corrected chi connectivity index (χ1v) is 7.57. The first-order valence-electron chi connectivity index (χ1n) is 7.57. The molecule has 0 radical (unpaired) electrons. The summed E-state index contributed by atoms with van der Waals surface area (Å²) >= 11 is 0. The zero-order valence-electron chi connectivity index (χ0n) is 13.8. The summed E-state index contributed by atoms with van der Waals surface area (Å²) in [6.07, 6.45) is 2.44. The first kappa shape index (κ1) is 16.2. The van der Waals surface area contributed by atoms with Crippen molar-refractivity contribution >= 4 is 5.82 Å². The Morgan fingerprint density at radius 1 is 1.43 bits per heavy atom. The fourth-order valence-corrected chi connectivity index (χ4v) is 2.60. The van der Waals surface area contributed by atoms with Crippen LogP contribution in [0, 0.1) is 5.82 Å². The molecule has 0 bridgehead atoms. The Morgan fingerprint density at radius 2 is 2.14 bits per heavy atom. The van der Waals surface area contributed by atoms with Crippen LogP contribution in [-0.2, 0) is 6.54 Å². The zero-order chi connectivity index (χ0) is 15.6. The van der Waals surface area contributed by atoms with Gasteiger partial charge in [-0.2, -0.15) is 0 Å². The predicted octanol–water partition coefficient (Wildman–Crippen LogP) is 2.25. The largest absolute Gasteiger partial charge is 0.355 e. The van der Waals surface area contributed by atoms with Crippen LogP contribution in [-0.4, -0.2) is 48.6 Å². The summed E-state index contributed by atoms with van der Waals surface area (Å²) in [5, 5.41) is 3.42. The third kappa shape index (κ3) is 4.38. The summed E-state index contributed by atoms with van der Waals surface area (Å²) in [6.45, 7) is 8.89. The van der Waals surface area contributed by atoms with Gasteiger partial charge in [0.15, 0.2) is 0 Å². The summed E-state index contributed by atoms with van der Waals surface area (Å²) in [5.41, 5.74) is 0.935. The van der Waals surface area contributed by atoms with Crippen molar-refractivity contribution in [2.45, 2.75) is 45.3 Å². The van der Waals surface area contributed by atoms with Gasteiger partial charge in [-0.05, 0) is 47.4 Å². The van der Waals surface area contributed by atoms with Gasteiger partial charge in [0, 0.05) is 36.8 Å². The predicted molar refractivity (Wildman–Crippen MR) is 85.1 cm³/mol. The van der Waals surface area contributed by atoms with Crippen LogP contribution in [0.3, 0.4) is 0 Å². The minimum absolute atomic E-state index is 0.000762. The van der Waals surface area contributed by atoms with Gasteiger partial charge in [0.25, 0.3) is 0 Å². The molecule has 2 heterocycles.